The number of anilines is 1. The van der Waals surface area contributed by atoms with Gasteiger partial charge in [-0.1, -0.05) is 0 Å². The quantitative estimate of drug-likeness (QED) is 0.794. The van der Waals surface area contributed by atoms with Crippen LogP contribution in [0.2, 0.25) is 0 Å². The summed E-state index contributed by atoms with van der Waals surface area (Å²) < 4.78 is 27.6. The van der Waals surface area contributed by atoms with Gasteiger partial charge in [-0.05, 0) is 30.7 Å². The van der Waals surface area contributed by atoms with Gasteiger partial charge < -0.3 is 9.80 Å². The Hall–Kier alpha value is -3.28. The minimum absolute atomic E-state index is 0.0429. The van der Waals surface area contributed by atoms with Crippen molar-refractivity contribution in [2.45, 2.75) is 19.3 Å². The molecule has 2 amide bonds. The molecule has 3 heterocycles. The highest BCUT2D eigenvalue weighted by molar-refractivity contribution is 5.98. The number of alkyl halides is 2. The van der Waals surface area contributed by atoms with Crippen molar-refractivity contribution in [2.75, 3.05) is 24.5 Å². The van der Waals surface area contributed by atoms with E-state index in [0.717, 1.165) is 0 Å². The van der Waals surface area contributed by atoms with Crippen molar-refractivity contribution in [3.63, 3.8) is 0 Å². The molecule has 4 rings (SSSR count). The van der Waals surface area contributed by atoms with E-state index in [9.17, 15) is 18.4 Å². The Kier molecular flexibility index (Phi) is 4.57. The van der Waals surface area contributed by atoms with E-state index < -0.39 is 23.4 Å². The SMILES string of the molecule is Cn1cc(C(=O)N2CC[C@@]3(CC(=O)N(c4ccc(C#N)cc4)C3)C2)c(C(F)F)n1. The van der Waals surface area contributed by atoms with Crippen LogP contribution < -0.4 is 4.90 Å². The Morgan fingerprint density at radius 3 is 2.66 bits per heavy atom. The first-order valence-electron chi connectivity index (χ1n) is 9.23. The summed E-state index contributed by atoms with van der Waals surface area (Å²) in [6.45, 7) is 1.20. The third-order valence-corrected chi connectivity index (χ3v) is 5.65. The van der Waals surface area contributed by atoms with Crippen molar-refractivity contribution in [2.24, 2.45) is 12.5 Å². The molecule has 1 aromatic heterocycles. The molecule has 0 radical (unpaired) electrons. The van der Waals surface area contributed by atoms with Crippen LogP contribution in [-0.2, 0) is 11.8 Å². The lowest BCUT2D eigenvalue weighted by Gasteiger charge is -2.24. The summed E-state index contributed by atoms with van der Waals surface area (Å²) in [7, 11) is 1.50. The molecule has 150 valence electrons. The number of carbonyl (C=O) groups is 2. The number of nitrogens with zero attached hydrogens (tertiary/aromatic N) is 5. The predicted molar refractivity (Wildman–Crippen MR) is 99.2 cm³/mol. The molecule has 2 aromatic rings. The number of carbonyl (C=O) groups excluding carboxylic acids is 2. The Morgan fingerprint density at radius 1 is 1.28 bits per heavy atom. The van der Waals surface area contributed by atoms with E-state index in [1.807, 2.05) is 6.07 Å². The standard InChI is InChI=1S/C20H19F2N5O2/c1-25-10-15(17(24-25)18(21)22)19(29)26-7-6-20(11-26)8-16(28)27(12-20)14-4-2-13(9-23)3-5-14/h2-5,10,18H,6-8,11-12H2,1H3/t20-/m1/s1. The van der Waals surface area contributed by atoms with Crippen LogP contribution in [0.5, 0.6) is 0 Å². The Balaban J connectivity index is 1.51. The minimum atomic E-state index is -2.83. The smallest absolute Gasteiger partial charge is 0.282 e. The molecular weight excluding hydrogens is 380 g/mol. The van der Waals surface area contributed by atoms with Gasteiger partial charge in [0.05, 0.1) is 17.2 Å². The van der Waals surface area contributed by atoms with Crippen LogP contribution in [0.1, 0.15) is 40.9 Å². The van der Waals surface area contributed by atoms with Crippen molar-refractivity contribution >= 4 is 17.5 Å². The maximum atomic E-state index is 13.2. The lowest BCUT2D eigenvalue weighted by Crippen LogP contribution is -2.34. The number of hydrogen-bond acceptors (Lipinski definition) is 4. The lowest BCUT2D eigenvalue weighted by atomic mass is 9.86. The summed E-state index contributed by atoms with van der Waals surface area (Å²) in [6.07, 6.45) is -0.586. The summed E-state index contributed by atoms with van der Waals surface area (Å²) >= 11 is 0. The summed E-state index contributed by atoms with van der Waals surface area (Å²) in [5, 5.41) is 12.6. The summed E-state index contributed by atoms with van der Waals surface area (Å²) in [5.74, 6) is -0.520. The van der Waals surface area contributed by atoms with Crippen LogP contribution >= 0.6 is 0 Å². The van der Waals surface area contributed by atoms with Gasteiger partial charge >= 0.3 is 0 Å². The van der Waals surface area contributed by atoms with Crippen molar-refractivity contribution < 1.29 is 18.4 Å². The maximum absolute atomic E-state index is 13.2. The highest BCUT2D eigenvalue weighted by Gasteiger charge is 2.49. The number of amides is 2. The number of benzene rings is 1. The molecule has 1 spiro atoms. The fraction of sp³-hybridized carbons (Fsp3) is 0.400. The summed E-state index contributed by atoms with van der Waals surface area (Å²) in [6, 6.07) is 8.83. The first-order chi connectivity index (χ1) is 13.8. The van der Waals surface area contributed by atoms with Gasteiger partial charge in [-0.25, -0.2) is 8.78 Å². The van der Waals surface area contributed by atoms with Gasteiger partial charge in [0.15, 0.2) is 0 Å². The second-order valence-corrected chi connectivity index (χ2v) is 7.69. The minimum Gasteiger partial charge on any atom is -0.338 e. The van der Waals surface area contributed by atoms with E-state index in [0.29, 0.717) is 43.7 Å². The number of hydrogen-bond donors (Lipinski definition) is 0. The molecular formula is C20H19F2N5O2. The Bertz CT molecular complexity index is 1010. The second kappa shape index (κ2) is 6.95. The molecule has 7 nitrogen and oxygen atoms in total. The van der Waals surface area contributed by atoms with E-state index >= 15 is 0 Å². The maximum Gasteiger partial charge on any atom is 0.282 e. The van der Waals surface area contributed by atoms with E-state index in [1.54, 1.807) is 34.1 Å². The number of aromatic nitrogens is 2. The molecule has 0 saturated carbocycles. The first kappa shape index (κ1) is 19.1. The highest BCUT2D eigenvalue weighted by atomic mass is 19.3. The zero-order chi connectivity index (χ0) is 20.8. The van der Waals surface area contributed by atoms with Gasteiger partial charge in [-0.15, -0.1) is 0 Å². The Morgan fingerprint density at radius 2 is 2.00 bits per heavy atom. The van der Waals surface area contributed by atoms with Crippen LogP contribution in [0, 0.1) is 16.7 Å². The van der Waals surface area contributed by atoms with Gasteiger partial charge in [0.2, 0.25) is 5.91 Å². The van der Waals surface area contributed by atoms with E-state index in [2.05, 4.69) is 5.10 Å². The van der Waals surface area contributed by atoms with Gasteiger partial charge in [0.25, 0.3) is 12.3 Å². The fourth-order valence-corrected chi connectivity index (χ4v) is 4.23. The normalized spacial score (nSPS) is 21.4. The highest BCUT2D eigenvalue weighted by Crippen LogP contribution is 2.42. The average molecular weight is 399 g/mol. The van der Waals surface area contributed by atoms with E-state index in [4.69, 9.17) is 5.26 Å². The van der Waals surface area contributed by atoms with Gasteiger partial charge in [-0.2, -0.15) is 10.4 Å². The molecule has 2 fully saturated rings. The zero-order valence-corrected chi connectivity index (χ0v) is 15.8. The number of aryl methyl sites for hydroxylation is 1. The van der Waals surface area contributed by atoms with Crippen LogP contribution in [-0.4, -0.2) is 46.1 Å². The fourth-order valence-electron chi connectivity index (χ4n) is 4.23. The largest absolute Gasteiger partial charge is 0.338 e. The number of halogens is 2. The van der Waals surface area contributed by atoms with Gasteiger partial charge in [0.1, 0.15) is 5.69 Å². The van der Waals surface area contributed by atoms with Crippen LogP contribution in [0.3, 0.4) is 0 Å². The molecule has 0 unspecified atom stereocenters. The molecule has 0 aliphatic carbocycles. The molecule has 0 bridgehead atoms. The summed E-state index contributed by atoms with van der Waals surface area (Å²) in [5.41, 5.74) is 0.225. The zero-order valence-electron chi connectivity index (χ0n) is 15.8. The average Bonchev–Trinajstić information content (AvgIpc) is 3.38. The monoisotopic (exact) mass is 399 g/mol. The molecule has 2 saturated heterocycles. The van der Waals surface area contributed by atoms with Crippen LogP contribution in [0.15, 0.2) is 30.5 Å². The molecule has 29 heavy (non-hydrogen) atoms. The molecule has 2 aliphatic rings. The van der Waals surface area contributed by atoms with E-state index in [-0.39, 0.29) is 11.5 Å². The molecule has 1 aromatic carbocycles. The summed E-state index contributed by atoms with van der Waals surface area (Å²) in [4.78, 5) is 28.7. The number of rotatable bonds is 3. The predicted octanol–water partition coefficient (Wildman–Crippen LogP) is 2.50. The molecule has 9 heteroatoms. The third-order valence-electron chi connectivity index (χ3n) is 5.65. The van der Waals surface area contributed by atoms with Gasteiger partial charge in [0, 0.05) is 50.4 Å². The Labute approximate surface area is 166 Å². The van der Waals surface area contributed by atoms with Crippen LogP contribution in [0.25, 0.3) is 0 Å². The lowest BCUT2D eigenvalue weighted by molar-refractivity contribution is -0.117. The van der Waals surface area contributed by atoms with Crippen molar-refractivity contribution in [3.8, 4) is 6.07 Å². The number of nitriles is 1. The topological polar surface area (TPSA) is 82.2 Å². The first-order valence-corrected chi connectivity index (χ1v) is 9.23. The van der Waals surface area contributed by atoms with Gasteiger partial charge in [-0.3, -0.25) is 14.3 Å². The molecule has 2 aliphatic heterocycles. The molecule has 1 atom stereocenters. The number of likely N-dealkylation sites (tertiary alicyclic amines) is 1. The van der Waals surface area contributed by atoms with Crippen molar-refractivity contribution in [1.82, 2.24) is 14.7 Å². The molecule has 0 N–H and O–H groups in total. The van der Waals surface area contributed by atoms with Crippen molar-refractivity contribution in [1.29, 1.82) is 5.26 Å². The van der Waals surface area contributed by atoms with Crippen molar-refractivity contribution in [3.05, 3.63) is 47.3 Å². The van der Waals surface area contributed by atoms with E-state index in [1.165, 1.54) is 17.9 Å². The third kappa shape index (κ3) is 3.35. The second-order valence-electron chi connectivity index (χ2n) is 7.69. The van der Waals surface area contributed by atoms with Crippen LogP contribution in [0.4, 0.5) is 14.5 Å².